The van der Waals surface area contributed by atoms with Gasteiger partial charge in [-0.2, -0.15) is 0 Å². The Hall–Kier alpha value is -3.89. The quantitative estimate of drug-likeness (QED) is 0.427. The molecule has 0 fully saturated rings. The van der Waals surface area contributed by atoms with Gasteiger partial charge in [-0.1, -0.05) is 35.9 Å². The number of halogens is 1. The van der Waals surface area contributed by atoms with Gasteiger partial charge in [-0.15, -0.1) is 0 Å². The largest absolute Gasteiger partial charge is 0.465 e. The van der Waals surface area contributed by atoms with Gasteiger partial charge in [0.2, 0.25) is 11.8 Å². The second-order valence-corrected chi connectivity index (χ2v) is 11.2. The number of carbonyl (C=O) groups is 3. The van der Waals surface area contributed by atoms with E-state index in [4.69, 9.17) is 22.1 Å². The average molecular weight is 556 g/mol. The second-order valence-electron chi connectivity index (χ2n) is 9.02. The molecule has 4 rings (SSSR count). The van der Waals surface area contributed by atoms with Crippen molar-refractivity contribution in [2.75, 3.05) is 16.7 Å². The molecule has 11 heteroatoms. The molecule has 0 saturated heterocycles. The molecule has 1 aliphatic heterocycles. The third kappa shape index (κ3) is 4.97. The highest BCUT2D eigenvalue weighted by molar-refractivity contribution is 7.93. The number of methoxy groups -OCH3 is 1. The van der Waals surface area contributed by atoms with Gasteiger partial charge in [-0.05, 0) is 73.4 Å². The van der Waals surface area contributed by atoms with Gasteiger partial charge in [0, 0.05) is 5.02 Å². The first-order chi connectivity index (χ1) is 17.9. The molecule has 2 atom stereocenters. The number of anilines is 2. The number of benzene rings is 3. The number of fused-ring (bicyclic) bond motifs is 1. The number of amides is 2. The lowest BCUT2D eigenvalue weighted by Crippen LogP contribution is -2.57. The molecule has 0 aromatic heterocycles. The first-order valence-corrected chi connectivity index (χ1v) is 13.4. The molecule has 0 saturated carbocycles. The number of rotatable bonds is 7. The smallest absolute Gasteiger partial charge is 0.337 e. The predicted octanol–water partition coefficient (Wildman–Crippen LogP) is 3.60. The van der Waals surface area contributed by atoms with Crippen molar-refractivity contribution in [3.8, 4) is 0 Å². The van der Waals surface area contributed by atoms with Gasteiger partial charge in [0.1, 0.15) is 6.04 Å². The summed E-state index contributed by atoms with van der Waals surface area (Å²) in [4.78, 5) is 38.0. The molecule has 1 heterocycles. The van der Waals surface area contributed by atoms with Crippen LogP contribution in [0.25, 0.3) is 0 Å². The first kappa shape index (κ1) is 27.2. The van der Waals surface area contributed by atoms with Crippen LogP contribution >= 0.6 is 11.6 Å². The second kappa shape index (κ2) is 10.5. The Bertz CT molecular complexity index is 1540. The van der Waals surface area contributed by atoms with Crippen molar-refractivity contribution in [1.29, 1.82) is 0 Å². The number of aryl methyl sites for hydroxylation is 2. The minimum atomic E-state index is -4.37. The zero-order valence-corrected chi connectivity index (χ0v) is 22.5. The Labute approximate surface area is 225 Å². The molecule has 38 heavy (non-hydrogen) atoms. The summed E-state index contributed by atoms with van der Waals surface area (Å²) in [5, 5.41) is 3.12. The maximum atomic E-state index is 14.2. The molecule has 0 bridgehead atoms. The summed E-state index contributed by atoms with van der Waals surface area (Å²) in [5.41, 5.74) is 8.07. The highest BCUT2D eigenvalue weighted by Gasteiger charge is 2.47. The van der Waals surface area contributed by atoms with Crippen LogP contribution in [0.15, 0.2) is 65.6 Å². The topological polar surface area (TPSA) is 136 Å². The number of nitrogens with two attached hydrogens (primary N) is 1. The van der Waals surface area contributed by atoms with E-state index >= 15 is 0 Å². The van der Waals surface area contributed by atoms with E-state index in [0.717, 1.165) is 4.31 Å². The predicted molar refractivity (Wildman–Crippen MR) is 144 cm³/mol. The molecule has 3 aromatic carbocycles. The van der Waals surface area contributed by atoms with E-state index in [-0.39, 0.29) is 22.7 Å². The minimum absolute atomic E-state index is 0.0421. The Morgan fingerprint density at radius 1 is 1.08 bits per heavy atom. The van der Waals surface area contributed by atoms with Crippen LogP contribution < -0.4 is 15.4 Å². The van der Waals surface area contributed by atoms with Gasteiger partial charge < -0.3 is 15.8 Å². The highest BCUT2D eigenvalue weighted by atomic mass is 35.5. The summed E-state index contributed by atoms with van der Waals surface area (Å²) in [7, 11) is -3.11. The van der Waals surface area contributed by atoms with E-state index in [2.05, 4.69) is 5.32 Å². The number of nitrogens with zero attached hydrogens (tertiary/aromatic N) is 1. The van der Waals surface area contributed by atoms with Crippen molar-refractivity contribution in [3.05, 3.63) is 87.9 Å². The van der Waals surface area contributed by atoms with Crippen LogP contribution in [0.4, 0.5) is 11.4 Å². The van der Waals surface area contributed by atoms with Crippen LogP contribution in [0.3, 0.4) is 0 Å². The van der Waals surface area contributed by atoms with Crippen molar-refractivity contribution in [2.45, 2.75) is 31.2 Å². The number of carbonyl (C=O) groups excluding carboxylic acids is 3. The monoisotopic (exact) mass is 555 g/mol. The molecule has 1 unspecified atom stereocenters. The standard InChI is InChI=1S/C27H26ClN3O6S/c1-15-13-23(16(2)12-20(15)28)38(35,36)31-22-7-5-4-6-21(22)30-26(33)24(31)19(25(29)32)14-17-8-10-18(11-9-17)27(34)37-3/h4-13,19,24H,14H2,1-3H3,(H2,29,32)(H,30,33)/t19?,24-/m1/s1. The van der Waals surface area contributed by atoms with Crippen LogP contribution in [0.2, 0.25) is 5.02 Å². The minimum Gasteiger partial charge on any atom is -0.465 e. The summed E-state index contributed by atoms with van der Waals surface area (Å²) in [6, 6.07) is 14.2. The third-order valence-corrected chi connectivity index (χ3v) is 8.84. The van der Waals surface area contributed by atoms with Crippen molar-refractivity contribution in [3.63, 3.8) is 0 Å². The molecule has 3 N–H and O–H groups in total. The molecule has 2 amide bonds. The van der Waals surface area contributed by atoms with E-state index in [1.165, 1.54) is 25.3 Å². The lowest BCUT2D eigenvalue weighted by molar-refractivity contribution is -0.127. The van der Waals surface area contributed by atoms with Gasteiger partial charge in [0.05, 0.1) is 34.9 Å². The van der Waals surface area contributed by atoms with Gasteiger partial charge in [0.25, 0.3) is 10.0 Å². The van der Waals surface area contributed by atoms with E-state index in [1.54, 1.807) is 56.3 Å². The van der Waals surface area contributed by atoms with E-state index < -0.39 is 39.8 Å². The maximum absolute atomic E-state index is 14.2. The molecule has 3 aromatic rings. The number of hydrogen-bond acceptors (Lipinski definition) is 6. The Balaban J connectivity index is 1.85. The van der Waals surface area contributed by atoms with Gasteiger partial charge in [0.15, 0.2) is 0 Å². The molecule has 0 aliphatic carbocycles. The normalized spacial score (nSPS) is 15.8. The molecule has 198 valence electrons. The summed E-state index contributed by atoms with van der Waals surface area (Å²) in [6.45, 7) is 3.29. The lowest BCUT2D eigenvalue weighted by atomic mass is 9.89. The molecule has 0 spiro atoms. The summed E-state index contributed by atoms with van der Waals surface area (Å²) < 4.78 is 34.1. The number of para-hydroxylation sites is 2. The van der Waals surface area contributed by atoms with Crippen molar-refractivity contribution in [1.82, 2.24) is 0 Å². The number of esters is 1. The van der Waals surface area contributed by atoms with E-state index in [1.807, 2.05) is 0 Å². The van der Waals surface area contributed by atoms with Crippen molar-refractivity contribution in [2.24, 2.45) is 11.7 Å². The summed E-state index contributed by atoms with van der Waals surface area (Å²) in [6.07, 6.45) is -0.0539. The number of primary amides is 1. The van der Waals surface area contributed by atoms with E-state index in [0.29, 0.717) is 27.3 Å². The van der Waals surface area contributed by atoms with Crippen molar-refractivity contribution < 1.29 is 27.5 Å². The fourth-order valence-corrected chi connectivity index (χ4v) is 6.70. The zero-order valence-electron chi connectivity index (χ0n) is 20.9. The molecule has 1 aliphatic rings. The molecular weight excluding hydrogens is 530 g/mol. The highest BCUT2D eigenvalue weighted by Crippen LogP contribution is 2.40. The average Bonchev–Trinajstić information content (AvgIpc) is 2.88. The fourth-order valence-electron chi connectivity index (χ4n) is 4.51. The van der Waals surface area contributed by atoms with Gasteiger partial charge in [-0.3, -0.25) is 13.9 Å². The van der Waals surface area contributed by atoms with Crippen LogP contribution in [0.1, 0.15) is 27.0 Å². The third-order valence-electron chi connectivity index (χ3n) is 6.49. The number of nitrogens with one attached hydrogen (secondary N) is 1. The van der Waals surface area contributed by atoms with Crippen molar-refractivity contribution >= 4 is 50.8 Å². The fraction of sp³-hybridized carbons (Fsp3) is 0.222. The Morgan fingerprint density at radius 2 is 1.74 bits per heavy atom. The lowest BCUT2D eigenvalue weighted by Gasteiger charge is -2.40. The van der Waals surface area contributed by atoms with Crippen LogP contribution in [0.5, 0.6) is 0 Å². The van der Waals surface area contributed by atoms with Crippen LogP contribution in [0, 0.1) is 19.8 Å². The number of sulfonamides is 1. The van der Waals surface area contributed by atoms with Crippen LogP contribution in [-0.2, 0) is 30.8 Å². The molecule has 0 radical (unpaired) electrons. The zero-order chi connectivity index (χ0) is 27.8. The number of ether oxygens (including phenoxy) is 1. The molecule has 9 nitrogen and oxygen atoms in total. The SMILES string of the molecule is COC(=O)c1ccc(CC(C(N)=O)[C@@H]2C(=O)Nc3ccccc3N2S(=O)(=O)c2cc(C)c(Cl)cc2C)cc1. The van der Waals surface area contributed by atoms with Gasteiger partial charge in [-0.25, -0.2) is 13.2 Å². The summed E-state index contributed by atoms with van der Waals surface area (Å²) in [5.74, 6) is -3.32. The van der Waals surface area contributed by atoms with Crippen LogP contribution in [-0.4, -0.2) is 39.4 Å². The maximum Gasteiger partial charge on any atom is 0.337 e. The van der Waals surface area contributed by atoms with Gasteiger partial charge >= 0.3 is 5.97 Å². The number of hydrogen-bond donors (Lipinski definition) is 2. The Kier molecular flexibility index (Phi) is 7.48. The first-order valence-electron chi connectivity index (χ1n) is 11.6. The Morgan fingerprint density at radius 3 is 2.37 bits per heavy atom. The molecular formula is C27H26ClN3O6S. The van der Waals surface area contributed by atoms with E-state index in [9.17, 15) is 22.8 Å². The summed E-state index contributed by atoms with van der Waals surface area (Å²) >= 11 is 6.21.